The summed E-state index contributed by atoms with van der Waals surface area (Å²) in [6, 6.07) is 7.52. The maximum atomic E-state index is 12.2. The van der Waals surface area contributed by atoms with Crippen molar-refractivity contribution in [2.24, 2.45) is 7.05 Å². The first-order valence-corrected chi connectivity index (χ1v) is 8.06. The molecule has 1 atom stereocenters. The monoisotopic (exact) mass is 331 g/mol. The van der Waals surface area contributed by atoms with Gasteiger partial charge in [0.1, 0.15) is 18.2 Å². The Morgan fingerprint density at radius 2 is 2.17 bits per heavy atom. The molecule has 0 bridgehead atoms. The molecular formula is C18H25N3O3. The smallest absolute Gasteiger partial charge is 0.254 e. The van der Waals surface area contributed by atoms with Gasteiger partial charge in [-0.15, -0.1) is 0 Å². The first-order valence-electron chi connectivity index (χ1n) is 8.06. The van der Waals surface area contributed by atoms with E-state index in [-0.39, 0.29) is 12.5 Å². The van der Waals surface area contributed by atoms with E-state index < -0.39 is 6.10 Å². The molecule has 1 aromatic carbocycles. The molecule has 0 saturated carbocycles. The average Bonchev–Trinajstić information content (AvgIpc) is 2.98. The number of para-hydroxylation sites is 1. The van der Waals surface area contributed by atoms with Gasteiger partial charge in [0.15, 0.2) is 6.10 Å². The number of ether oxygens (including phenoxy) is 1. The van der Waals surface area contributed by atoms with Crippen molar-refractivity contribution in [3.8, 4) is 5.75 Å². The molecule has 2 rings (SSSR count). The predicted octanol–water partition coefficient (Wildman–Crippen LogP) is 1.56. The van der Waals surface area contributed by atoms with Gasteiger partial charge in [0.2, 0.25) is 0 Å². The number of carbonyl (C=O) groups is 1. The van der Waals surface area contributed by atoms with E-state index in [4.69, 9.17) is 4.74 Å². The number of aliphatic hydroxyl groups is 1. The number of rotatable bonds is 8. The van der Waals surface area contributed by atoms with Crippen LogP contribution in [0.15, 0.2) is 36.7 Å². The minimum absolute atomic E-state index is 0.0482. The van der Waals surface area contributed by atoms with E-state index >= 15 is 0 Å². The highest BCUT2D eigenvalue weighted by atomic mass is 16.5. The summed E-state index contributed by atoms with van der Waals surface area (Å²) in [5.74, 6) is 1.34. The number of aryl methyl sites for hydroxylation is 3. The third kappa shape index (κ3) is 4.83. The van der Waals surface area contributed by atoms with E-state index in [1.807, 2.05) is 49.0 Å². The van der Waals surface area contributed by atoms with Crippen molar-refractivity contribution in [2.75, 3.05) is 20.2 Å². The van der Waals surface area contributed by atoms with Crippen molar-refractivity contribution < 1.29 is 14.6 Å². The number of hydrogen-bond donors (Lipinski definition) is 1. The lowest BCUT2D eigenvalue weighted by Crippen LogP contribution is -2.40. The maximum Gasteiger partial charge on any atom is 0.254 e. The zero-order valence-corrected chi connectivity index (χ0v) is 14.5. The summed E-state index contributed by atoms with van der Waals surface area (Å²) in [6.45, 7) is 2.44. The fraction of sp³-hybridized carbons (Fsp3) is 0.444. The topological polar surface area (TPSA) is 67.6 Å². The molecule has 2 aromatic rings. The maximum absolute atomic E-state index is 12.2. The van der Waals surface area contributed by atoms with Crippen molar-refractivity contribution in [2.45, 2.75) is 25.9 Å². The molecule has 0 spiro atoms. The Kier molecular flexibility index (Phi) is 6.37. The van der Waals surface area contributed by atoms with Gasteiger partial charge in [-0.3, -0.25) is 4.79 Å². The molecule has 0 fully saturated rings. The number of likely N-dealkylation sites (N-methyl/N-ethyl adjacent to an activating group) is 1. The van der Waals surface area contributed by atoms with Gasteiger partial charge in [0.05, 0.1) is 0 Å². The van der Waals surface area contributed by atoms with Crippen molar-refractivity contribution in [1.29, 1.82) is 0 Å². The summed E-state index contributed by atoms with van der Waals surface area (Å²) in [7, 11) is 3.64. The molecule has 1 unspecified atom stereocenters. The number of carbonyl (C=O) groups excluding carboxylic acids is 1. The Bertz CT molecular complexity index is 669. The van der Waals surface area contributed by atoms with Crippen LogP contribution < -0.4 is 4.74 Å². The highest BCUT2D eigenvalue weighted by Crippen LogP contribution is 2.16. The normalized spacial score (nSPS) is 12.0. The summed E-state index contributed by atoms with van der Waals surface area (Å²) >= 11 is 0. The standard InChI is InChI=1S/C18H25N3O3/c1-14-7-4-5-8-16(14)24-13-15(22)18(23)21(3)11-6-9-17-19-10-12-20(17)2/h4-5,7-8,10,12,15,22H,6,9,11,13H2,1-3H3. The molecule has 6 heteroatoms. The van der Waals surface area contributed by atoms with Gasteiger partial charge in [0, 0.05) is 39.5 Å². The largest absolute Gasteiger partial charge is 0.490 e. The quantitative estimate of drug-likeness (QED) is 0.797. The summed E-state index contributed by atoms with van der Waals surface area (Å²) in [5.41, 5.74) is 0.973. The predicted molar refractivity (Wildman–Crippen MR) is 91.8 cm³/mol. The summed E-state index contributed by atoms with van der Waals surface area (Å²) in [5, 5.41) is 10.0. The summed E-state index contributed by atoms with van der Waals surface area (Å²) in [6.07, 6.45) is 4.08. The molecule has 1 amide bonds. The van der Waals surface area contributed by atoms with E-state index in [0.717, 1.165) is 24.2 Å². The second-order valence-electron chi connectivity index (χ2n) is 5.91. The Hall–Kier alpha value is -2.34. The number of imidazole rings is 1. The van der Waals surface area contributed by atoms with E-state index in [2.05, 4.69) is 4.98 Å². The van der Waals surface area contributed by atoms with Gasteiger partial charge in [-0.2, -0.15) is 0 Å². The molecule has 130 valence electrons. The third-order valence-electron chi connectivity index (χ3n) is 3.97. The van der Waals surface area contributed by atoms with E-state index in [1.165, 1.54) is 4.90 Å². The molecule has 1 N–H and O–H groups in total. The Balaban J connectivity index is 1.75. The number of aliphatic hydroxyl groups excluding tert-OH is 1. The van der Waals surface area contributed by atoms with Crippen LogP contribution in [-0.2, 0) is 18.3 Å². The molecule has 1 aromatic heterocycles. The highest BCUT2D eigenvalue weighted by Gasteiger charge is 2.20. The molecule has 0 aliphatic rings. The van der Waals surface area contributed by atoms with Crippen molar-refractivity contribution >= 4 is 5.91 Å². The lowest BCUT2D eigenvalue weighted by Gasteiger charge is -2.21. The van der Waals surface area contributed by atoms with Crippen LogP contribution in [0.2, 0.25) is 0 Å². The second-order valence-corrected chi connectivity index (χ2v) is 5.91. The van der Waals surface area contributed by atoms with E-state index in [1.54, 1.807) is 13.2 Å². The van der Waals surface area contributed by atoms with Crippen molar-refractivity contribution in [3.05, 3.63) is 48.0 Å². The number of amides is 1. The molecular weight excluding hydrogens is 306 g/mol. The minimum atomic E-state index is -1.16. The lowest BCUT2D eigenvalue weighted by atomic mass is 10.2. The first kappa shape index (κ1) is 18.0. The van der Waals surface area contributed by atoms with Crippen molar-refractivity contribution in [1.82, 2.24) is 14.5 Å². The second kappa shape index (κ2) is 8.49. The first-order chi connectivity index (χ1) is 11.5. The molecule has 1 heterocycles. The molecule has 6 nitrogen and oxygen atoms in total. The number of aromatic nitrogens is 2. The van der Waals surface area contributed by atoms with Gasteiger partial charge >= 0.3 is 0 Å². The number of nitrogens with zero attached hydrogens (tertiary/aromatic N) is 3. The van der Waals surface area contributed by atoms with Crippen LogP contribution in [0.1, 0.15) is 17.8 Å². The van der Waals surface area contributed by atoms with E-state index in [0.29, 0.717) is 12.3 Å². The van der Waals surface area contributed by atoms with Gasteiger partial charge in [-0.25, -0.2) is 4.98 Å². The van der Waals surface area contributed by atoms with Crippen LogP contribution >= 0.6 is 0 Å². The van der Waals surface area contributed by atoms with Crippen LogP contribution in [-0.4, -0.2) is 51.8 Å². The van der Waals surface area contributed by atoms with Crippen LogP contribution in [0.3, 0.4) is 0 Å². The Morgan fingerprint density at radius 3 is 2.83 bits per heavy atom. The van der Waals surface area contributed by atoms with Gasteiger partial charge in [-0.05, 0) is 25.0 Å². The minimum Gasteiger partial charge on any atom is -0.490 e. The number of hydrogen-bond acceptors (Lipinski definition) is 4. The molecule has 0 aliphatic carbocycles. The highest BCUT2D eigenvalue weighted by molar-refractivity contribution is 5.80. The molecule has 0 saturated heterocycles. The lowest BCUT2D eigenvalue weighted by molar-refractivity contribution is -0.140. The zero-order chi connectivity index (χ0) is 17.5. The molecule has 24 heavy (non-hydrogen) atoms. The third-order valence-corrected chi connectivity index (χ3v) is 3.97. The summed E-state index contributed by atoms with van der Waals surface area (Å²) < 4.78 is 7.50. The molecule has 0 aliphatic heterocycles. The van der Waals surface area contributed by atoms with E-state index in [9.17, 15) is 9.90 Å². The van der Waals surface area contributed by atoms with Crippen LogP contribution in [0.4, 0.5) is 0 Å². The summed E-state index contributed by atoms with van der Waals surface area (Å²) in [4.78, 5) is 18.0. The van der Waals surface area contributed by atoms with Crippen LogP contribution in [0.5, 0.6) is 5.75 Å². The van der Waals surface area contributed by atoms with Crippen molar-refractivity contribution in [3.63, 3.8) is 0 Å². The van der Waals surface area contributed by atoms with Crippen LogP contribution in [0, 0.1) is 6.92 Å². The zero-order valence-electron chi connectivity index (χ0n) is 14.5. The van der Waals surface area contributed by atoms with Crippen LogP contribution in [0.25, 0.3) is 0 Å². The Morgan fingerprint density at radius 1 is 1.42 bits per heavy atom. The fourth-order valence-electron chi connectivity index (χ4n) is 2.43. The molecule has 0 radical (unpaired) electrons. The average molecular weight is 331 g/mol. The van der Waals surface area contributed by atoms with Gasteiger partial charge in [-0.1, -0.05) is 18.2 Å². The van der Waals surface area contributed by atoms with Gasteiger partial charge < -0.3 is 19.3 Å². The SMILES string of the molecule is Cc1ccccc1OCC(O)C(=O)N(C)CCCc1nccn1C. The number of benzene rings is 1. The van der Waals surface area contributed by atoms with Gasteiger partial charge in [0.25, 0.3) is 5.91 Å². The Labute approximate surface area is 142 Å². The fourth-order valence-corrected chi connectivity index (χ4v) is 2.43.